The molecular formula is C18H17N5O3. The van der Waals surface area contributed by atoms with E-state index in [-0.39, 0.29) is 11.6 Å². The summed E-state index contributed by atoms with van der Waals surface area (Å²) in [7, 11) is 0. The van der Waals surface area contributed by atoms with E-state index in [0.717, 1.165) is 0 Å². The summed E-state index contributed by atoms with van der Waals surface area (Å²) >= 11 is 0. The van der Waals surface area contributed by atoms with Crippen molar-refractivity contribution in [2.24, 2.45) is 0 Å². The molecule has 1 aromatic carbocycles. The third-order valence-corrected chi connectivity index (χ3v) is 4.01. The Morgan fingerprint density at radius 3 is 2.96 bits per heavy atom. The van der Waals surface area contributed by atoms with Crippen molar-refractivity contribution in [2.75, 3.05) is 0 Å². The molecule has 4 rings (SSSR count). The topological polar surface area (TPSA) is 99.0 Å². The molecule has 0 aliphatic carbocycles. The number of aromatic nitrogens is 4. The first-order valence-corrected chi connectivity index (χ1v) is 8.25. The van der Waals surface area contributed by atoms with Gasteiger partial charge in [0.25, 0.3) is 11.4 Å². The molecule has 3 heterocycles. The van der Waals surface area contributed by atoms with Gasteiger partial charge in [-0.05, 0) is 31.2 Å². The first kappa shape index (κ1) is 16.2. The second-order valence-electron chi connectivity index (χ2n) is 5.99. The molecular weight excluding hydrogens is 334 g/mol. The molecule has 4 aromatic rings. The highest BCUT2D eigenvalue weighted by Crippen LogP contribution is 2.16. The maximum atomic E-state index is 12.5. The zero-order chi connectivity index (χ0) is 17.9. The fraction of sp³-hybridized carbons (Fsp3) is 0.222. The predicted octanol–water partition coefficient (Wildman–Crippen LogP) is 2.22. The summed E-state index contributed by atoms with van der Waals surface area (Å²) in [5, 5.41) is 7.81. The number of nitrogens with zero attached hydrogens (tertiary/aromatic N) is 4. The Balaban J connectivity index is 1.41. The molecule has 0 bridgehead atoms. The molecule has 26 heavy (non-hydrogen) atoms. The maximum Gasteiger partial charge on any atom is 0.293 e. The first-order valence-electron chi connectivity index (χ1n) is 8.25. The molecule has 0 amide bonds. The fourth-order valence-corrected chi connectivity index (χ4v) is 2.69. The van der Waals surface area contributed by atoms with Crippen molar-refractivity contribution < 1.29 is 8.94 Å². The van der Waals surface area contributed by atoms with Gasteiger partial charge in [-0.3, -0.25) is 9.36 Å². The number of nitrogens with one attached hydrogen (secondary N) is 1. The number of para-hydroxylation sites is 1. The van der Waals surface area contributed by atoms with Crippen LogP contribution >= 0.6 is 0 Å². The maximum absolute atomic E-state index is 12.5. The van der Waals surface area contributed by atoms with E-state index < -0.39 is 0 Å². The molecule has 1 atom stereocenters. The average Bonchev–Trinajstić information content (AvgIpc) is 3.34. The Morgan fingerprint density at radius 2 is 2.12 bits per heavy atom. The number of rotatable bonds is 6. The lowest BCUT2D eigenvalue weighted by molar-refractivity contribution is 0.400. The monoisotopic (exact) mass is 351 g/mol. The van der Waals surface area contributed by atoms with Gasteiger partial charge in [-0.25, -0.2) is 4.98 Å². The number of hydrogen-bond donors (Lipinski definition) is 1. The van der Waals surface area contributed by atoms with Crippen molar-refractivity contribution in [1.29, 1.82) is 0 Å². The van der Waals surface area contributed by atoms with E-state index >= 15 is 0 Å². The largest absolute Gasteiger partial charge is 0.459 e. The van der Waals surface area contributed by atoms with E-state index in [9.17, 15) is 4.79 Å². The van der Waals surface area contributed by atoms with Crippen LogP contribution in [0.15, 0.2) is 62.7 Å². The van der Waals surface area contributed by atoms with E-state index in [1.165, 1.54) is 0 Å². The van der Waals surface area contributed by atoms with Crippen molar-refractivity contribution in [3.63, 3.8) is 0 Å². The first-order chi connectivity index (χ1) is 12.7. The highest BCUT2D eigenvalue weighted by Gasteiger charge is 2.12. The third kappa shape index (κ3) is 3.27. The zero-order valence-corrected chi connectivity index (χ0v) is 14.1. The zero-order valence-electron chi connectivity index (χ0n) is 14.1. The molecule has 0 saturated heterocycles. The summed E-state index contributed by atoms with van der Waals surface area (Å²) < 4.78 is 12.0. The molecule has 0 spiro atoms. The lowest BCUT2D eigenvalue weighted by atomic mass is 10.2. The van der Waals surface area contributed by atoms with Gasteiger partial charge in [-0.15, -0.1) is 0 Å². The molecule has 0 aliphatic rings. The van der Waals surface area contributed by atoms with Gasteiger partial charge in [0.15, 0.2) is 11.6 Å². The minimum Gasteiger partial charge on any atom is -0.459 e. The second kappa shape index (κ2) is 6.93. The fourth-order valence-electron chi connectivity index (χ4n) is 2.69. The highest BCUT2D eigenvalue weighted by atomic mass is 16.5. The van der Waals surface area contributed by atoms with E-state index in [0.29, 0.717) is 41.5 Å². The molecule has 0 fully saturated rings. The van der Waals surface area contributed by atoms with Crippen molar-refractivity contribution in [2.45, 2.75) is 26.1 Å². The molecule has 0 saturated carbocycles. The van der Waals surface area contributed by atoms with Crippen LogP contribution < -0.4 is 10.9 Å². The Morgan fingerprint density at radius 1 is 1.23 bits per heavy atom. The normalized spacial score (nSPS) is 12.5. The van der Waals surface area contributed by atoms with E-state index in [1.54, 1.807) is 35.4 Å². The number of furan rings is 1. The standard InChI is InChI=1S/C18H17N5O3/c1-12(10-23-11-20-14-6-3-2-5-13(14)18(23)24)19-9-16-21-17(26-22-16)15-7-4-8-25-15/h2-8,11-12,19H,9-10H2,1H3/t12-/m0/s1. The Hall–Kier alpha value is -3.26. The van der Waals surface area contributed by atoms with E-state index in [2.05, 4.69) is 20.4 Å². The van der Waals surface area contributed by atoms with Crippen LogP contribution in [0.3, 0.4) is 0 Å². The highest BCUT2D eigenvalue weighted by molar-refractivity contribution is 5.76. The molecule has 0 radical (unpaired) electrons. The summed E-state index contributed by atoms with van der Waals surface area (Å²) in [5.41, 5.74) is 0.649. The van der Waals surface area contributed by atoms with Crippen LogP contribution in [-0.2, 0) is 13.1 Å². The minimum absolute atomic E-state index is 0.0150. The summed E-state index contributed by atoms with van der Waals surface area (Å²) in [6.07, 6.45) is 3.13. The summed E-state index contributed by atoms with van der Waals surface area (Å²) in [6.45, 7) is 2.88. The number of fused-ring (bicyclic) bond motifs is 1. The van der Waals surface area contributed by atoms with Crippen LogP contribution in [0.2, 0.25) is 0 Å². The number of hydrogen-bond acceptors (Lipinski definition) is 7. The SMILES string of the molecule is C[C@@H](Cn1cnc2ccccc2c1=O)NCc1noc(-c2ccco2)n1. The Bertz CT molecular complexity index is 1070. The van der Waals surface area contributed by atoms with Gasteiger partial charge >= 0.3 is 0 Å². The van der Waals surface area contributed by atoms with Gasteiger partial charge < -0.3 is 14.3 Å². The smallest absolute Gasteiger partial charge is 0.293 e. The van der Waals surface area contributed by atoms with Gasteiger partial charge in [0, 0.05) is 12.6 Å². The summed E-state index contributed by atoms with van der Waals surface area (Å²) in [4.78, 5) is 21.1. The van der Waals surface area contributed by atoms with E-state index in [1.807, 2.05) is 25.1 Å². The molecule has 132 valence electrons. The third-order valence-electron chi connectivity index (χ3n) is 4.01. The minimum atomic E-state index is -0.0519. The molecule has 0 aliphatic heterocycles. The predicted molar refractivity (Wildman–Crippen MR) is 94.3 cm³/mol. The van der Waals surface area contributed by atoms with Gasteiger partial charge in [-0.2, -0.15) is 4.98 Å². The average molecular weight is 351 g/mol. The molecule has 0 unspecified atom stereocenters. The lowest BCUT2D eigenvalue weighted by Gasteiger charge is -2.14. The quantitative estimate of drug-likeness (QED) is 0.568. The van der Waals surface area contributed by atoms with Crippen LogP contribution in [0.25, 0.3) is 22.6 Å². The molecule has 8 heteroatoms. The van der Waals surface area contributed by atoms with Crippen LogP contribution in [0, 0.1) is 0 Å². The summed E-state index contributed by atoms with van der Waals surface area (Å²) in [5.74, 6) is 1.40. The van der Waals surface area contributed by atoms with Crippen molar-refractivity contribution >= 4 is 10.9 Å². The summed E-state index contributed by atoms with van der Waals surface area (Å²) in [6, 6.07) is 10.8. The Labute approximate surface area is 148 Å². The number of benzene rings is 1. The lowest BCUT2D eigenvalue weighted by Crippen LogP contribution is -2.34. The molecule has 3 aromatic heterocycles. The van der Waals surface area contributed by atoms with Gasteiger partial charge in [0.1, 0.15) is 0 Å². The van der Waals surface area contributed by atoms with Gasteiger partial charge in [0.05, 0.1) is 30.0 Å². The van der Waals surface area contributed by atoms with Crippen LogP contribution in [-0.4, -0.2) is 25.7 Å². The molecule has 1 N–H and O–H groups in total. The molecule has 8 nitrogen and oxygen atoms in total. The van der Waals surface area contributed by atoms with Gasteiger partial charge in [-0.1, -0.05) is 17.3 Å². The Kier molecular flexibility index (Phi) is 4.32. The van der Waals surface area contributed by atoms with Crippen molar-refractivity contribution in [3.8, 4) is 11.7 Å². The van der Waals surface area contributed by atoms with Crippen LogP contribution in [0.5, 0.6) is 0 Å². The van der Waals surface area contributed by atoms with Crippen molar-refractivity contribution in [1.82, 2.24) is 25.0 Å². The van der Waals surface area contributed by atoms with E-state index in [4.69, 9.17) is 8.94 Å². The van der Waals surface area contributed by atoms with Crippen LogP contribution in [0.4, 0.5) is 0 Å². The van der Waals surface area contributed by atoms with Crippen LogP contribution in [0.1, 0.15) is 12.7 Å². The van der Waals surface area contributed by atoms with Gasteiger partial charge in [0.2, 0.25) is 0 Å². The second-order valence-corrected chi connectivity index (χ2v) is 5.99. The van der Waals surface area contributed by atoms with Crippen molar-refractivity contribution in [3.05, 3.63) is 65.2 Å².